The van der Waals surface area contributed by atoms with E-state index in [9.17, 15) is 31.1 Å². The zero-order valence-corrected chi connectivity index (χ0v) is 13.6. The number of benzene rings is 1. The molecular weight excluding hydrogens is 392 g/mol. The summed E-state index contributed by atoms with van der Waals surface area (Å²) in [5, 5.41) is 9.34. The number of nitrogens with zero attached hydrogens (tertiary/aromatic N) is 4. The molecule has 12 heteroatoms. The second-order valence-electron chi connectivity index (χ2n) is 5.50. The van der Waals surface area contributed by atoms with Gasteiger partial charge in [-0.25, -0.2) is 4.98 Å². The van der Waals surface area contributed by atoms with E-state index in [1.54, 1.807) is 6.20 Å². The van der Waals surface area contributed by atoms with Crippen LogP contribution in [0, 0.1) is 0 Å². The Hall–Kier alpha value is -3.44. The van der Waals surface area contributed by atoms with Crippen LogP contribution in [0.4, 0.5) is 32.0 Å². The van der Waals surface area contributed by atoms with E-state index in [2.05, 4.69) is 15.2 Å². The smallest absolute Gasteiger partial charge is 0.321 e. The Morgan fingerprint density at radius 3 is 2.04 bits per heavy atom. The maximum absolute atomic E-state index is 12.9. The van der Waals surface area contributed by atoms with Crippen molar-refractivity contribution in [1.82, 2.24) is 19.7 Å². The molecule has 1 aromatic carbocycles. The Kier molecular flexibility index (Phi) is 4.79. The van der Waals surface area contributed by atoms with E-state index in [4.69, 9.17) is 0 Å². The number of carbonyl (C=O) groups is 1. The molecule has 2 aromatic heterocycles. The lowest BCUT2D eigenvalue weighted by atomic mass is 10.1. The lowest BCUT2D eigenvalue weighted by molar-refractivity contribution is -0.143. The molecule has 1 amide bonds. The lowest BCUT2D eigenvalue weighted by Gasteiger charge is -2.14. The molecule has 6 nitrogen and oxygen atoms in total. The predicted molar refractivity (Wildman–Crippen MR) is 83.6 cm³/mol. The fraction of sp³-hybridized carbons (Fsp3) is 0.125. The highest BCUT2D eigenvalue weighted by Crippen LogP contribution is 2.37. The van der Waals surface area contributed by atoms with Crippen molar-refractivity contribution in [2.45, 2.75) is 12.4 Å². The summed E-state index contributed by atoms with van der Waals surface area (Å²) in [6, 6.07) is 3.38. The summed E-state index contributed by atoms with van der Waals surface area (Å²) in [4.78, 5) is 15.9. The van der Waals surface area contributed by atoms with E-state index in [0.29, 0.717) is 18.0 Å². The highest BCUT2D eigenvalue weighted by molar-refractivity contribution is 6.02. The Labute approximate surface area is 152 Å². The molecule has 0 saturated heterocycles. The van der Waals surface area contributed by atoms with Crippen molar-refractivity contribution < 1.29 is 31.1 Å². The molecule has 0 aliphatic carbocycles. The van der Waals surface area contributed by atoms with Crippen LogP contribution in [0.1, 0.15) is 21.6 Å². The number of hydrogen-bond acceptors (Lipinski definition) is 4. The van der Waals surface area contributed by atoms with Gasteiger partial charge in [0, 0.05) is 18.1 Å². The molecule has 0 atom stereocenters. The summed E-state index contributed by atoms with van der Waals surface area (Å²) in [7, 11) is 0. The van der Waals surface area contributed by atoms with Crippen molar-refractivity contribution in [1.29, 1.82) is 0 Å². The topological polar surface area (TPSA) is 72.7 Å². The fourth-order valence-corrected chi connectivity index (χ4v) is 2.20. The van der Waals surface area contributed by atoms with Crippen molar-refractivity contribution in [2.24, 2.45) is 0 Å². The minimum Gasteiger partial charge on any atom is -0.321 e. The minimum atomic E-state index is -5.02. The molecule has 0 aliphatic heterocycles. The molecule has 3 aromatic rings. The standard InChI is InChI=1S/C16H9F6N5O/c17-15(18,19)9-5-10(16(20,21)22)7-11(6-9)24-14(28)12-1-2-13(26-25-12)27-4-3-23-8-27/h1-8H,(H,24,28). The third-order valence-corrected chi connectivity index (χ3v) is 3.50. The average molecular weight is 401 g/mol. The Bertz CT molecular complexity index is 948. The third kappa shape index (κ3) is 4.27. The fourth-order valence-electron chi connectivity index (χ4n) is 2.20. The third-order valence-electron chi connectivity index (χ3n) is 3.50. The van der Waals surface area contributed by atoms with Crippen LogP contribution >= 0.6 is 0 Å². The predicted octanol–water partition coefficient (Wildman–Crippen LogP) is 3.95. The zero-order valence-electron chi connectivity index (χ0n) is 13.6. The van der Waals surface area contributed by atoms with Gasteiger partial charge in [-0.15, -0.1) is 10.2 Å². The number of imidazole rings is 1. The van der Waals surface area contributed by atoms with Gasteiger partial charge in [0.25, 0.3) is 5.91 Å². The summed E-state index contributed by atoms with van der Waals surface area (Å²) in [5.74, 6) is -0.704. The monoisotopic (exact) mass is 401 g/mol. The van der Waals surface area contributed by atoms with Gasteiger partial charge in [0.1, 0.15) is 6.33 Å². The number of aromatic nitrogens is 4. The van der Waals surface area contributed by atoms with Crippen molar-refractivity contribution in [2.75, 3.05) is 5.32 Å². The Morgan fingerprint density at radius 1 is 0.929 bits per heavy atom. The molecule has 0 fully saturated rings. The van der Waals surface area contributed by atoms with Gasteiger partial charge in [-0.05, 0) is 30.3 Å². The van der Waals surface area contributed by atoms with Gasteiger partial charge in [0.05, 0.1) is 11.1 Å². The van der Waals surface area contributed by atoms with Gasteiger partial charge in [-0.3, -0.25) is 9.36 Å². The van der Waals surface area contributed by atoms with E-state index in [1.807, 2.05) is 5.32 Å². The van der Waals surface area contributed by atoms with E-state index in [1.165, 1.54) is 29.2 Å². The van der Waals surface area contributed by atoms with Crippen LogP contribution in [-0.4, -0.2) is 25.7 Å². The highest BCUT2D eigenvalue weighted by Gasteiger charge is 2.37. The first kappa shape index (κ1) is 19.3. The van der Waals surface area contributed by atoms with Crippen molar-refractivity contribution >= 4 is 11.6 Å². The van der Waals surface area contributed by atoms with Crippen LogP contribution in [0.5, 0.6) is 0 Å². The van der Waals surface area contributed by atoms with Crippen LogP contribution in [-0.2, 0) is 12.4 Å². The molecule has 2 heterocycles. The van der Waals surface area contributed by atoms with Gasteiger partial charge >= 0.3 is 12.4 Å². The van der Waals surface area contributed by atoms with Crippen molar-refractivity contribution in [3.8, 4) is 5.82 Å². The van der Waals surface area contributed by atoms with E-state index in [-0.39, 0.29) is 11.8 Å². The molecular formula is C16H9F6N5O. The number of anilines is 1. The Morgan fingerprint density at radius 2 is 1.57 bits per heavy atom. The van der Waals surface area contributed by atoms with Gasteiger partial charge < -0.3 is 5.32 Å². The maximum Gasteiger partial charge on any atom is 0.416 e. The minimum absolute atomic E-state index is 0.0324. The maximum atomic E-state index is 12.9. The van der Waals surface area contributed by atoms with E-state index >= 15 is 0 Å². The van der Waals surface area contributed by atoms with Crippen LogP contribution < -0.4 is 5.32 Å². The molecule has 0 unspecified atom stereocenters. The molecule has 1 N–H and O–H groups in total. The van der Waals surface area contributed by atoms with Crippen LogP contribution in [0.15, 0.2) is 49.1 Å². The van der Waals surface area contributed by atoms with Crippen molar-refractivity contribution in [3.63, 3.8) is 0 Å². The first-order valence-electron chi connectivity index (χ1n) is 7.47. The Balaban J connectivity index is 1.87. The zero-order chi connectivity index (χ0) is 20.5. The van der Waals surface area contributed by atoms with E-state index in [0.717, 1.165) is 0 Å². The van der Waals surface area contributed by atoms with Gasteiger partial charge in [0.15, 0.2) is 11.5 Å². The van der Waals surface area contributed by atoms with Gasteiger partial charge in [0.2, 0.25) is 0 Å². The summed E-state index contributed by atoms with van der Waals surface area (Å²) in [5.41, 5.74) is -4.05. The number of halogens is 6. The summed E-state index contributed by atoms with van der Waals surface area (Å²) in [6.45, 7) is 0. The molecule has 0 bridgehead atoms. The highest BCUT2D eigenvalue weighted by atomic mass is 19.4. The molecule has 0 spiro atoms. The SMILES string of the molecule is O=C(Nc1cc(C(F)(F)F)cc(C(F)(F)F)c1)c1ccc(-n2ccnc2)nn1. The van der Waals surface area contributed by atoms with Crippen LogP contribution in [0.25, 0.3) is 5.82 Å². The quantitative estimate of drug-likeness (QED) is 0.675. The van der Waals surface area contributed by atoms with Gasteiger partial charge in [-0.1, -0.05) is 0 Å². The van der Waals surface area contributed by atoms with Crippen LogP contribution in [0.3, 0.4) is 0 Å². The molecule has 3 rings (SSSR count). The summed E-state index contributed by atoms with van der Waals surface area (Å²) in [6.07, 6.45) is -5.58. The molecule has 0 aliphatic rings. The molecule has 146 valence electrons. The number of hydrogen-bond donors (Lipinski definition) is 1. The number of carbonyl (C=O) groups excluding carboxylic acids is 1. The number of amides is 1. The molecule has 28 heavy (non-hydrogen) atoms. The largest absolute Gasteiger partial charge is 0.416 e. The van der Waals surface area contributed by atoms with Gasteiger partial charge in [-0.2, -0.15) is 26.3 Å². The van der Waals surface area contributed by atoms with E-state index < -0.39 is 35.1 Å². The first-order chi connectivity index (χ1) is 13.0. The average Bonchev–Trinajstić information content (AvgIpc) is 3.15. The lowest BCUT2D eigenvalue weighted by Crippen LogP contribution is -2.17. The normalized spacial score (nSPS) is 12.1. The summed E-state index contributed by atoms with van der Waals surface area (Å²) >= 11 is 0. The van der Waals surface area contributed by atoms with Crippen molar-refractivity contribution in [3.05, 3.63) is 65.9 Å². The molecule has 0 saturated carbocycles. The number of rotatable bonds is 3. The first-order valence-corrected chi connectivity index (χ1v) is 7.47. The second-order valence-corrected chi connectivity index (χ2v) is 5.50. The summed E-state index contributed by atoms with van der Waals surface area (Å²) < 4.78 is 78.7. The number of nitrogens with one attached hydrogen (secondary N) is 1. The second kappa shape index (κ2) is 6.94. The molecule has 0 radical (unpaired) electrons. The van der Waals surface area contributed by atoms with Crippen LogP contribution in [0.2, 0.25) is 0 Å². The number of alkyl halides is 6.